The summed E-state index contributed by atoms with van der Waals surface area (Å²) in [5, 5.41) is 20.3. The highest BCUT2D eigenvalue weighted by molar-refractivity contribution is 6.24. The van der Waals surface area contributed by atoms with Gasteiger partial charge in [0.2, 0.25) is 11.8 Å². The third kappa shape index (κ3) is 2.11. The lowest BCUT2D eigenvalue weighted by Crippen LogP contribution is -2.99. The standard InChI is InChI=1S/C25H20N2O4/c1-25-16-10-4-2-8-14(16)20(15-9-3-5-11-17(15)25)21-22(25)24(29)26(23(21)28)18-12-6-7-13-19(18)27(30)31/h2-13,20-22,27,30H,1H3/t20?,21-,22-,25?/m0/s1. The molecule has 3 aliphatic carbocycles. The molecule has 0 spiro atoms. The Labute approximate surface area is 178 Å². The molecule has 6 heteroatoms. The van der Waals surface area contributed by atoms with Gasteiger partial charge in [-0.2, -0.15) is 5.23 Å². The molecule has 31 heavy (non-hydrogen) atoms. The second kappa shape index (κ2) is 6.11. The first-order valence-corrected chi connectivity index (χ1v) is 10.3. The average Bonchev–Trinajstić information content (AvgIpc) is 3.05. The summed E-state index contributed by atoms with van der Waals surface area (Å²) >= 11 is 0. The van der Waals surface area contributed by atoms with Crippen LogP contribution in [0.2, 0.25) is 0 Å². The van der Waals surface area contributed by atoms with Gasteiger partial charge >= 0.3 is 0 Å². The highest BCUT2D eigenvalue weighted by Gasteiger charge is 2.66. The van der Waals surface area contributed by atoms with Crippen LogP contribution in [0.1, 0.15) is 35.1 Å². The fourth-order valence-corrected chi connectivity index (χ4v) is 6.24. The maximum atomic E-state index is 13.9. The number of para-hydroxylation sites is 2. The van der Waals surface area contributed by atoms with Gasteiger partial charge in [0, 0.05) is 17.4 Å². The molecule has 154 valence electrons. The Morgan fingerprint density at radius 2 is 1.42 bits per heavy atom. The fourth-order valence-electron chi connectivity index (χ4n) is 6.24. The number of carbonyl (C=O) groups is 2. The third-order valence-corrected chi connectivity index (χ3v) is 7.42. The first kappa shape index (κ1) is 18.4. The lowest BCUT2D eigenvalue weighted by molar-refractivity contribution is -0.990. The molecule has 1 unspecified atom stereocenters. The Bertz CT molecular complexity index is 1220. The zero-order valence-corrected chi connectivity index (χ0v) is 16.8. The molecule has 3 aromatic carbocycles. The Morgan fingerprint density at radius 3 is 2.03 bits per heavy atom. The molecule has 1 saturated heterocycles. The lowest BCUT2D eigenvalue weighted by Gasteiger charge is -2.52. The van der Waals surface area contributed by atoms with Crippen LogP contribution in [0.5, 0.6) is 0 Å². The Morgan fingerprint density at radius 1 is 0.871 bits per heavy atom. The van der Waals surface area contributed by atoms with Gasteiger partial charge in [-0.05, 0) is 28.3 Å². The van der Waals surface area contributed by atoms with Gasteiger partial charge in [-0.3, -0.25) is 9.59 Å². The van der Waals surface area contributed by atoms with E-state index in [2.05, 4.69) is 31.2 Å². The van der Waals surface area contributed by atoms with E-state index in [1.54, 1.807) is 18.2 Å². The van der Waals surface area contributed by atoms with Crippen molar-refractivity contribution in [2.75, 3.05) is 4.90 Å². The summed E-state index contributed by atoms with van der Waals surface area (Å²) in [5.41, 5.74) is 3.76. The second-order valence-corrected chi connectivity index (χ2v) is 8.69. The van der Waals surface area contributed by atoms with E-state index in [9.17, 15) is 20.0 Å². The molecule has 0 saturated carbocycles. The largest absolute Gasteiger partial charge is 0.595 e. The molecule has 2 N–H and O–H groups in total. The van der Waals surface area contributed by atoms with E-state index in [1.165, 1.54) is 6.07 Å². The Kier molecular flexibility index (Phi) is 3.63. The van der Waals surface area contributed by atoms with Crippen molar-refractivity contribution in [3.8, 4) is 0 Å². The molecule has 0 radical (unpaired) electrons. The number of rotatable bonds is 2. The summed E-state index contributed by atoms with van der Waals surface area (Å²) < 4.78 is 0. The number of carbonyl (C=O) groups excluding carboxylic acids is 2. The average molecular weight is 412 g/mol. The number of amides is 2. The summed E-state index contributed by atoms with van der Waals surface area (Å²) in [6, 6.07) is 22.3. The van der Waals surface area contributed by atoms with Gasteiger partial charge in [0.15, 0.2) is 5.69 Å². The third-order valence-electron chi connectivity index (χ3n) is 7.42. The molecule has 2 amide bonds. The van der Waals surface area contributed by atoms with Gasteiger partial charge in [-0.25, -0.2) is 10.1 Å². The van der Waals surface area contributed by atoms with Crippen molar-refractivity contribution in [2.24, 2.45) is 11.8 Å². The van der Waals surface area contributed by atoms with Crippen molar-refractivity contribution < 1.29 is 20.0 Å². The summed E-state index contributed by atoms with van der Waals surface area (Å²) in [6.45, 7) is 2.05. The van der Waals surface area contributed by atoms with Gasteiger partial charge < -0.3 is 5.21 Å². The number of imide groups is 1. The molecule has 1 aliphatic heterocycles. The molecule has 7 rings (SSSR count). The number of anilines is 1. The predicted molar refractivity (Wildman–Crippen MR) is 113 cm³/mol. The lowest BCUT2D eigenvalue weighted by atomic mass is 9.48. The molecular formula is C25H20N2O4. The fraction of sp³-hybridized carbons (Fsp3) is 0.200. The van der Waals surface area contributed by atoms with Crippen LogP contribution in [0.25, 0.3) is 0 Å². The molecule has 1 heterocycles. The van der Waals surface area contributed by atoms with Gasteiger partial charge in [0.05, 0.1) is 11.8 Å². The van der Waals surface area contributed by atoms with Crippen LogP contribution in [-0.2, 0) is 15.0 Å². The van der Waals surface area contributed by atoms with Crippen molar-refractivity contribution in [3.05, 3.63) is 100 Å². The number of nitrogens with one attached hydrogen (secondary N) is 1. The van der Waals surface area contributed by atoms with Crippen LogP contribution in [0, 0.1) is 17.0 Å². The van der Waals surface area contributed by atoms with E-state index in [-0.39, 0.29) is 29.1 Å². The minimum Gasteiger partial charge on any atom is -0.595 e. The maximum Gasteiger partial charge on any atom is 0.239 e. The van der Waals surface area contributed by atoms with E-state index in [4.69, 9.17) is 0 Å². The van der Waals surface area contributed by atoms with Crippen LogP contribution < -0.4 is 10.1 Å². The highest BCUT2D eigenvalue weighted by Crippen LogP contribution is 2.64. The van der Waals surface area contributed by atoms with Crippen molar-refractivity contribution in [1.82, 2.24) is 0 Å². The first-order valence-electron chi connectivity index (χ1n) is 10.3. The molecule has 3 aromatic rings. The predicted octanol–water partition coefficient (Wildman–Crippen LogP) is 2.66. The molecular weight excluding hydrogens is 392 g/mol. The normalized spacial score (nSPS) is 28.9. The van der Waals surface area contributed by atoms with Crippen LogP contribution in [0.4, 0.5) is 11.4 Å². The van der Waals surface area contributed by atoms with Gasteiger partial charge in [0.25, 0.3) is 0 Å². The van der Waals surface area contributed by atoms with Crippen LogP contribution in [0.15, 0.2) is 72.8 Å². The van der Waals surface area contributed by atoms with E-state index in [1.807, 2.05) is 24.3 Å². The molecule has 2 bridgehead atoms. The Balaban J connectivity index is 1.61. The number of nitrogens with zero attached hydrogens (tertiary/aromatic N) is 1. The SMILES string of the molecule is CC12c3ccccc3C(c3ccccc31)[C@@H]1C(=O)N(c3ccccc3[NH+]([O-])O)C(=O)[C@H]12. The van der Waals surface area contributed by atoms with Crippen LogP contribution >= 0.6 is 0 Å². The molecule has 3 atom stereocenters. The van der Waals surface area contributed by atoms with Crippen molar-refractivity contribution >= 4 is 23.2 Å². The number of quaternary nitrogens is 1. The van der Waals surface area contributed by atoms with E-state index in [0.717, 1.165) is 27.2 Å². The summed E-state index contributed by atoms with van der Waals surface area (Å²) in [4.78, 5) is 28.8. The van der Waals surface area contributed by atoms with E-state index >= 15 is 0 Å². The molecule has 6 nitrogen and oxygen atoms in total. The van der Waals surface area contributed by atoms with Crippen molar-refractivity contribution in [2.45, 2.75) is 18.3 Å². The van der Waals surface area contributed by atoms with Crippen LogP contribution in [-0.4, -0.2) is 17.0 Å². The maximum absolute atomic E-state index is 13.9. The minimum atomic E-state index is -1.16. The summed E-state index contributed by atoms with van der Waals surface area (Å²) in [6.07, 6.45) is 0. The summed E-state index contributed by atoms with van der Waals surface area (Å²) in [7, 11) is 0. The number of hydrogen-bond donors (Lipinski definition) is 2. The van der Waals surface area contributed by atoms with Gasteiger partial charge in [-0.1, -0.05) is 67.6 Å². The van der Waals surface area contributed by atoms with Gasteiger partial charge in [0.1, 0.15) is 5.69 Å². The number of benzene rings is 3. The number of hydrogen-bond acceptors (Lipinski definition) is 4. The van der Waals surface area contributed by atoms with E-state index < -0.39 is 22.5 Å². The van der Waals surface area contributed by atoms with Crippen molar-refractivity contribution in [3.63, 3.8) is 0 Å². The van der Waals surface area contributed by atoms with Gasteiger partial charge in [-0.15, -0.1) is 0 Å². The molecule has 4 aliphatic rings. The molecule has 1 fully saturated rings. The van der Waals surface area contributed by atoms with Crippen molar-refractivity contribution in [1.29, 1.82) is 0 Å². The summed E-state index contributed by atoms with van der Waals surface area (Å²) in [5.74, 6) is -1.98. The smallest absolute Gasteiger partial charge is 0.239 e. The first-order chi connectivity index (χ1) is 15.0. The zero-order chi connectivity index (χ0) is 21.5. The molecule has 0 aromatic heterocycles. The minimum absolute atomic E-state index is 0.0459. The monoisotopic (exact) mass is 412 g/mol. The topological polar surface area (TPSA) is 85.1 Å². The Hall–Kier alpha value is -3.32. The zero-order valence-electron chi connectivity index (χ0n) is 16.8. The highest BCUT2D eigenvalue weighted by atomic mass is 16.8. The quantitative estimate of drug-likeness (QED) is 0.501. The second-order valence-electron chi connectivity index (χ2n) is 8.69. The van der Waals surface area contributed by atoms with E-state index in [0.29, 0.717) is 0 Å². The van der Waals surface area contributed by atoms with Crippen LogP contribution in [0.3, 0.4) is 0 Å².